The number of halogens is 2. The Hall–Kier alpha value is -4.58. The van der Waals surface area contributed by atoms with E-state index in [0.29, 0.717) is 33.5 Å². The lowest BCUT2D eigenvalue weighted by Crippen LogP contribution is -2.31. The molecule has 6 heteroatoms. The zero-order chi connectivity index (χ0) is 27.5. The van der Waals surface area contributed by atoms with E-state index >= 15 is 0 Å². The summed E-state index contributed by atoms with van der Waals surface area (Å²) in [4.78, 5) is 14.3. The second kappa shape index (κ2) is 11.0. The summed E-state index contributed by atoms with van der Waals surface area (Å²) in [6, 6.07) is 26.9. The lowest BCUT2D eigenvalue weighted by atomic mass is 9.82. The number of hydrogen-bond donors (Lipinski definition) is 1. The zero-order valence-electron chi connectivity index (χ0n) is 21.7. The van der Waals surface area contributed by atoms with Gasteiger partial charge in [-0.15, -0.1) is 0 Å². The first kappa shape index (κ1) is 26.0. The van der Waals surface area contributed by atoms with Crippen LogP contribution in [0, 0.1) is 25.5 Å². The van der Waals surface area contributed by atoms with Gasteiger partial charge in [0, 0.05) is 22.6 Å². The quantitative estimate of drug-likeness (QED) is 0.252. The number of aryl methyl sites for hydroxylation is 2. The maximum absolute atomic E-state index is 14.5. The van der Waals surface area contributed by atoms with Crippen molar-refractivity contribution in [3.05, 3.63) is 153 Å². The Bertz CT molecular complexity index is 1690. The molecule has 196 valence electrons. The van der Waals surface area contributed by atoms with Crippen LogP contribution in [0.2, 0.25) is 0 Å². The van der Waals surface area contributed by atoms with Gasteiger partial charge in [0.2, 0.25) is 0 Å². The monoisotopic (exact) mass is 522 g/mol. The van der Waals surface area contributed by atoms with Crippen LogP contribution in [-0.4, -0.2) is 14.9 Å². The van der Waals surface area contributed by atoms with Gasteiger partial charge in [-0.2, -0.15) is 5.10 Å². The van der Waals surface area contributed by atoms with Crippen molar-refractivity contribution < 1.29 is 13.9 Å². The van der Waals surface area contributed by atoms with Crippen LogP contribution in [0.25, 0.3) is 11.1 Å². The molecular weight excluding hydrogens is 494 g/mol. The molecule has 39 heavy (non-hydrogen) atoms. The Balaban J connectivity index is 1.78. The van der Waals surface area contributed by atoms with Crippen LogP contribution in [0.15, 0.2) is 102 Å². The number of rotatable bonds is 7. The number of aromatic hydroxyl groups is 1. The first-order valence-corrected chi connectivity index (χ1v) is 12.8. The molecule has 1 unspecified atom stereocenters. The molecule has 0 fully saturated rings. The predicted octanol–water partition coefficient (Wildman–Crippen LogP) is 6.93. The van der Waals surface area contributed by atoms with Gasteiger partial charge in [0.05, 0.1) is 12.2 Å². The molecule has 0 spiro atoms. The molecular formula is C33H28F2N2O2. The fourth-order valence-corrected chi connectivity index (χ4v) is 5.05. The summed E-state index contributed by atoms with van der Waals surface area (Å²) in [6.07, 6.45) is 0.241. The first-order valence-electron chi connectivity index (χ1n) is 12.8. The van der Waals surface area contributed by atoms with Gasteiger partial charge in [-0.1, -0.05) is 72.3 Å². The second-order valence-corrected chi connectivity index (χ2v) is 9.78. The molecule has 1 aromatic heterocycles. The number of benzene rings is 4. The van der Waals surface area contributed by atoms with Crippen LogP contribution >= 0.6 is 0 Å². The Morgan fingerprint density at radius 3 is 2.21 bits per heavy atom. The Labute approximate surface area is 225 Å². The Morgan fingerprint density at radius 2 is 1.51 bits per heavy atom. The average molecular weight is 523 g/mol. The minimum atomic E-state index is -0.643. The number of phenols is 1. The van der Waals surface area contributed by atoms with Crippen molar-refractivity contribution in [2.45, 2.75) is 32.7 Å². The maximum Gasteiger partial charge on any atom is 0.271 e. The van der Waals surface area contributed by atoms with Gasteiger partial charge in [-0.25, -0.2) is 13.5 Å². The van der Waals surface area contributed by atoms with E-state index in [0.717, 1.165) is 11.1 Å². The third kappa shape index (κ3) is 5.65. The number of aromatic nitrogens is 2. The number of hydrogen-bond acceptors (Lipinski definition) is 3. The molecule has 0 aliphatic carbocycles. The minimum Gasteiger partial charge on any atom is -0.507 e. The molecule has 1 atom stereocenters. The van der Waals surface area contributed by atoms with E-state index in [4.69, 9.17) is 0 Å². The number of phenolic OH excluding ortho intramolecular Hbond substituents is 1. The highest BCUT2D eigenvalue weighted by Gasteiger charge is 2.28. The van der Waals surface area contributed by atoms with Gasteiger partial charge in [-0.05, 0) is 67.3 Å². The van der Waals surface area contributed by atoms with Gasteiger partial charge in [0.25, 0.3) is 5.56 Å². The molecule has 4 aromatic carbocycles. The van der Waals surface area contributed by atoms with E-state index in [9.17, 15) is 18.7 Å². The lowest BCUT2D eigenvalue weighted by Gasteiger charge is -2.24. The van der Waals surface area contributed by atoms with E-state index in [1.165, 1.54) is 28.9 Å². The van der Waals surface area contributed by atoms with Crippen molar-refractivity contribution in [3.8, 4) is 16.9 Å². The summed E-state index contributed by atoms with van der Waals surface area (Å²) < 4.78 is 30.1. The number of para-hydroxylation sites is 1. The molecule has 5 rings (SSSR count). The summed E-state index contributed by atoms with van der Waals surface area (Å²) in [5.41, 5.74) is 4.74. The van der Waals surface area contributed by atoms with Crippen LogP contribution in [-0.2, 0) is 13.0 Å². The van der Waals surface area contributed by atoms with E-state index < -0.39 is 17.6 Å². The minimum absolute atomic E-state index is 0.00285. The highest BCUT2D eigenvalue weighted by Crippen LogP contribution is 2.38. The van der Waals surface area contributed by atoms with Crippen molar-refractivity contribution in [1.82, 2.24) is 9.78 Å². The summed E-state index contributed by atoms with van der Waals surface area (Å²) in [6.45, 7) is 4.03. The van der Waals surface area contributed by atoms with Crippen LogP contribution in [0.4, 0.5) is 8.78 Å². The van der Waals surface area contributed by atoms with E-state index in [2.05, 4.69) is 5.10 Å². The van der Waals surface area contributed by atoms with Crippen molar-refractivity contribution >= 4 is 0 Å². The summed E-state index contributed by atoms with van der Waals surface area (Å²) >= 11 is 0. The molecule has 0 amide bonds. The van der Waals surface area contributed by atoms with E-state index in [1.54, 1.807) is 55.5 Å². The van der Waals surface area contributed by atoms with Gasteiger partial charge in [0.1, 0.15) is 17.4 Å². The van der Waals surface area contributed by atoms with Crippen molar-refractivity contribution in [3.63, 3.8) is 0 Å². The summed E-state index contributed by atoms with van der Waals surface area (Å²) in [7, 11) is 0. The van der Waals surface area contributed by atoms with E-state index in [1.807, 2.05) is 31.2 Å². The molecule has 4 nitrogen and oxygen atoms in total. The standard InChI is InChI=1S/C33H28F2N2O2/c1-21-13-15-23(16-14-21)20-37-33(39)32(31(22(2)36-37)28-11-3-4-12-30(28)38)29(25-8-6-10-27(35)19-25)18-24-7-5-9-26(34)17-24/h3-17,19,29,38H,18,20H2,1-2H3. The third-order valence-corrected chi connectivity index (χ3v) is 6.92. The molecule has 5 aromatic rings. The van der Waals surface area contributed by atoms with Crippen LogP contribution in [0.1, 0.15) is 39.4 Å². The summed E-state index contributed by atoms with van der Waals surface area (Å²) in [5.74, 6) is -1.47. The topological polar surface area (TPSA) is 55.1 Å². The molecule has 0 saturated carbocycles. The molecule has 0 bridgehead atoms. The van der Waals surface area contributed by atoms with Crippen LogP contribution in [0.3, 0.4) is 0 Å². The normalized spacial score (nSPS) is 11.9. The molecule has 1 N–H and O–H groups in total. The summed E-state index contributed by atoms with van der Waals surface area (Å²) in [5, 5.41) is 15.5. The average Bonchev–Trinajstić information content (AvgIpc) is 2.91. The molecule has 0 saturated heterocycles. The Morgan fingerprint density at radius 1 is 0.821 bits per heavy atom. The number of nitrogens with zero attached hydrogens (tertiary/aromatic N) is 2. The van der Waals surface area contributed by atoms with Gasteiger partial charge in [-0.3, -0.25) is 4.79 Å². The van der Waals surface area contributed by atoms with Crippen LogP contribution in [0.5, 0.6) is 5.75 Å². The molecule has 0 aliphatic rings. The fourth-order valence-electron chi connectivity index (χ4n) is 5.05. The van der Waals surface area contributed by atoms with Crippen molar-refractivity contribution in [2.75, 3.05) is 0 Å². The van der Waals surface area contributed by atoms with Gasteiger partial charge >= 0.3 is 0 Å². The SMILES string of the molecule is Cc1ccc(Cn2nc(C)c(-c3ccccc3O)c(C(Cc3cccc(F)c3)c3cccc(F)c3)c2=O)cc1. The smallest absolute Gasteiger partial charge is 0.271 e. The van der Waals surface area contributed by atoms with E-state index in [-0.39, 0.29) is 24.3 Å². The molecule has 1 heterocycles. The zero-order valence-corrected chi connectivity index (χ0v) is 21.7. The maximum atomic E-state index is 14.5. The third-order valence-electron chi connectivity index (χ3n) is 6.92. The van der Waals surface area contributed by atoms with Gasteiger partial charge < -0.3 is 5.11 Å². The molecule has 0 radical (unpaired) electrons. The van der Waals surface area contributed by atoms with Gasteiger partial charge in [0.15, 0.2) is 0 Å². The fraction of sp³-hybridized carbons (Fsp3) is 0.152. The second-order valence-electron chi connectivity index (χ2n) is 9.78. The highest BCUT2D eigenvalue weighted by molar-refractivity contribution is 5.75. The van der Waals surface area contributed by atoms with Crippen molar-refractivity contribution in [2.24, 2.45) is 0 Å². The lowest BCUT2D eigenvalue weighted by molar-refractivity contribution is 0.477. The Kier molecular flexibility index (Phi) is 7.37. The van der Waals surface area contributed by atoms with Crippen LogP contribution < -0.4 is 5.56 Å². The first-order chi connectivity index (χ1) is 18.8. The molecule has 0 aliphatic heterocycles. The highest BCUT2D eigenvalue weighted by atomic mass is 19.1. The largest absolute Gasteiger partial charge is 0.507 e. The van der Waals surface area contributed by atoms with Crippen molar-refractivity contribution in [1.29, 1.82) is 0 Å². The predicted molar refractivity (Wildman–Crippen MR) is 149 cm³/mol.